The maximum absolute atomic E-state index is 12.1. The molecule has 1 aliphatic heterocycles. The van der Waals surface area contributed by atoms with Gasteiger partial charge in [-0.1, -0.05) is 17.7 Å². The van der Waals surface area contributed by atoms with Gasteiger partial charge in [0.1, 0.15) is 0 Å². The molecule has 1 saturated heterocycles. The standard InChI is InChI=1S/C17H26N2O2S/c1-14-6-8-16(9-7-14)22-12-4-10-18-17(21)19-11-3-2-5-15(19)13-20/h6-9,15,20H,2-5,10-13H2,1H3,(H,18,21)/t15-/m1/s1. The third kappa shape index (κ3) is 5.21. The molecule has 0 unspecified atom stereocenters. The van der Waals surface area contributed by atoms with E-state index in [1.165, 1.54) is 10.5 Å². The van der Waals surface area contributed by atoms with Gasteiger partial charge in [-0.25, -0.2) is 4.79 Å². The summed E-state index contributed by atoms with van der Waals surface area (Å²) in [5.41, 5.74) is 1.27. The van der Waals surface area contributed by atoms with E-state index in [2.05, 4.69) is 36.5 Å². The summed E-state index contributed by atoms with van der Waals surface area (Å²) in [6, 6.07) is 8.48. The number of aliphatic hydroxyl groups excluding tert-OH is 1. The second-order valence-electron chi connectivity index (χ2n) is 5.77. The van der Waals surface area contributed by atoms with Crippen molar-refractivity contribution in [2.45, 2.75) is 43.5 Å². The number of aryl methyl sites for hydroxylation is 1. The highest BCUT2D eigenvalue weighted by atomic mass is 32.2. The van der Waals surface area contributed by atoms with Crippen molar-refractivity contribution in [2.75, 3.05) is 25.4 Å². The van der Waals surface area contributed by atoms with Gasteiger partial charge >= 0.3 is 6.03 Å². The molecule has 22 heavy (non-hydrogen) atoms. The van der Waals surface area contributed by atoms with E-state index in [1.807, 2.05) is 11.8 Å². The van der Waals surface area contributed by atoms with Crippen LogP contribution in [0.2, 0.25) is 0 Å². The van der Waals surface area contributed by atoms with Crippen molar-refractivity contribution in [3.05, 3.63) is 29.8 Å². The summed E-state index contributed by atoms with van der Waals surface area (Å²) >= 11 is 1.82. The van der Waals surface area contributed by atoms with Gasteiger partial charge in [0.15, 0.2) is 0 Å². The summed E-state index contributed by atoms with van der Waals surface area (Å²) in [5.74, 6) is 0.993. The molecule has 0 aliphatic carbocycles. The molecule has 1 aromatic carbocycles. The Morgan fingerprint density at radius 3 is 2.86 bits per heavy atom. The number of rotatable bonds is 6. The van der Waals surface area contributed by atoms with E-state index in [0.717, 1.165) is 38.0 Å². The van der Waals surface area contributed by atoms with Crippen LogP contribution >= 0.6 is 11.8 Å². The van der Waals surface area contributed by atoms with Crippen LogP contribution in [0.4, 0.5) is 4.79 Å². The molecule has 1 fully saturated rings. The largest absolute Gasteiger partial charge is 0.394 e. The summed E-state index contributed by atoms with van der Waals surface area (Å²) in [6.45, 7) is 3.60. The van der Waals surface area contributed by atoms with Gasteiger partial charge in [0.2, 0.25) is 0 Å². The fraction of sp³-hybridized carbons (Fsp3) is 0.588. The third-order valence-corrected chi connectivity index (χ3v) is 5.08. The minimum absolute atomic E-state index is 0.00400. The van der Waals surface area contributed by atoms with Gasteiger partial charge in [-0.3, -0.25) is 0 Å². The smallest absolute Gasteiger partial charge is 0.317 e. The number of hydrogen-bond acceptors (Lipinski definition) is 3. The van der Waals surface area contributed by atoms with E-state index in [1.54, 1.807) is 4.90 Å². The fourth-order valence-electron chi connectivity index (χ4n) is 2.65. The van der Waals surface area contributed by atoms with Crippen LogP contribution in [0, 0.1) is 6.92 Å². The Balaban J connectivity index is 1.63. The Labute approximate surface area is 137 Å². The predicted octanol–water partition coefficient (Wildman–Crippen LogP) is 3.03. The molecule has 1 atom stereocenters. The van der Waals surface area contributed by atoms with Gasteiger partial charge in [-0.05, 0) is 50.5 Å². The van der Waals surface area contributed by atoms with Crippen molar-refractivity contribution in [3.8, 4) is 0 Å². The number of nitrogens with one attached hydrogen (secondary N) is 1. The molecule has 0 saturated carbocycles. The molecular formula is C17H26N2O2S. The molecule has 2 amide bonds. The second kappa shape index (κ2) is 9.06. The van der Waals surface area contributed by atoms with Gasteiger partial charge in [0.05, 0.1) is 12.6 Å². The molecule has 2 N–H and O–H groups in total. The number of hydrogen-bond donors (Lipinski definition) is 2. The van der Waals surface area contributed by atoms with Crippen LogP contribution < -0.4 is 5.32 Å². The number of aliphatic hydroxyl groups is 1. The second-order valence-corrected chi connectivity index (χ2v) is 6.94. The van der Waals surface area contributed by atoms with E-state index in [9.17, 15) is 9.90 Å². The topological polar surface area (TPSA) is 52.6 Å². The third-order valence-electron chi connectivity index (χ3n) is 3.99. The van der Waals surface area contributed by atoms with Crippen LogP contribution in [0.25, 0.3) is 0 Å². The van der Waals surface area contributed by atoms with Gasteiger partial charge in [-0.2, -0.15) is 0 Å². The first-order valence-corrected chi connectivity index (χ1v) is 9.04. The Morgan fingerprint density at radius 2 is 2.14 bits per heavy atom. The molecule has 2 rings (SSSR count). The van der Waals surface area contributed by atoms with Crippen molar-refractivity contribution < 1.29 is 9.90 Å². The molecule has 4 nitrogen and oxygen atoms in total. The average Bonchev–Trinajstić information content (AvgIpc) is 2.56. The Hall–Kier alpha value is -1.20. The predicted molar refractivity (Wildman–Crippen MR) is 91.3 cm³/mol. The molecule has 5 heteroatoms. The van der Waals surface area contributed by atoms with E-state index in [4.69, 9.17) is 0 Å². The first-order chi connectivity index (χ1) is 10.7. The first kappa shape index (κ1) is 17.2. The zero-order valence-corrected chi connectivity index (χ0v) is 14.1. The van der Waals surface area contributed by atoms with Crippen LogP contribution in [0.15, 0.2) is 29.2 Å². The zero-order chi connectivity index (χ0) is 15.8. The number of thioether (sulfide) groups is 1. The van der Waals surface area contributed by atoms with Crippen LogP contribution in [0.5, 0.6) is 0 Å². The van der Waals surface area contributed by atoms with Crippen LogP contribution in [0.1, 0.15) is 31.2 Å². The molecule has 1 heterocycles. The lowest BCUT2D eigenvalue weighted by atomic mass is 10.0. The van der Waals surface area contributed by atoms with Crippen LogP contribution in [-0.4, -0.2) is 47.5 Å². The van der Waals surface area contributed by atoms with E-state index in [-0.39, 0.29) is 18.7 Å². The number of carbonyl (C=O) groups excluding carboxylic acids is 1. The summed E-state index contributed by atoms with van der Waals surface area (Å²) in [6.07, 6.45) is 3.99. The number of likely N-dealkylation sites (tertiary alicyclic amines) is 1. The SMILES string of the molecule is Cc1ccc(SCCCNC(=O)N2CCCC[C@@H]2CO)cc1. The average molecular weight is 322 g/mol. The first-order valence-electron chi connectivity index (χ1n) is 8.05. The van der Waals surface area contributed by atoms with Crippen LogP contribution in [-0.2, 0) is 0 Å². The number of benzene rings is 1. The van der Waals surface area contributed by atoms with E-state index < -0.39 is 0 Å². The number of amides is 2. The van der Waals surface area contributed by atoms with Crippen molar-refractivity contribution in [3.63, 3.8) is 0 Å². The Bertz CT molecular complexity index is 464. The minimum Gasteiger partial charge on any atom is -0.394 e. The number of nitrogens with zero attached hydrogens (tertiary/aromatic N) is 1. The Morgan fingerprint density at radius 1 is 1.36 bits per heavy atom. The number of piperidine rings is 1. The fourth-order valence-corrected chi connectivity index (χ4v) is 3.50. The summed E-state index contributed by atoms with van der Waals surface area (Å²) < 4.78 is 0. The van der Waals surface area contributed by atoms with E-state index >= 15 is 0 Å². The molecule has 122 valence electrons. The number of carbonyl (C=O) groups is 1. The van der Waals surface area contributed by atoms with Crippen molar-refractivity contribution >= 4 is 17.8 Å². The molecule has 1 aromatic rings. The lowest BCUT2D eigenvalue weighted by Gasteiger charge is -2.34. The maximum Gasteiger partial charge on any atom is 0.317 e. The van der Waals surface area contributed by atoms with E-state index in [0.29, 0.717) is 6.54 Å². The van der Waals surface area contributed by atoms with Crippen LogP contribution in [0.3, 0.4) is 0 Å². The Kier molecular flexibility index (Phi) is 7.06. The van der Waals surface area contributed by atoms with Crippen molar-refractivity contribution in [1.29, 1.82) is 0 Å². The lowest BCUT2D eigenvalue weighted by molar-refractivity contribution is 0.108. The summed E-state index contributed by atoms with van der Waals surface area (Å²) in [7, 11) is 0. The molecule has 0 aromatic heterocycles. The van der Waals surface area contributed by atoms with Crippen molar-refractivity contribution in [1.82, 2.24) is 10.2 Å². The normalized spacial score (nSPS) is 18.3. The molecule has 0 radical (unpaired) electrons. The van der Waals surface area contributed by atoms with Crippen molar-refractivity contribution in [2.24, 2.45) is 0 Å². The summed E-state index contributed by atoms with van der Waals surface area (Å²) in [5, 5.41) is 12.3. The maximum atomic E-state index is 12.1. The van der Waals surface area contributed by atoms with Gasteiger partial charge in [0, 0.05) is 18.0 Å². The van der Waals surface area contributed by atoms with Gasteiger partial charge in [0.25, 0.3) is 0 Å². The quantitative estimate of drug-likeness (QED) is 0.625. The number of urea groups is 1. The zero-order valence-electron chi connectivity index (χ0n) is 13.3. The monoisotopic (exact) mass is 322 g/mol. The molecular weight excluding hydrogens is 296 g/mol. The highest BCUT2D eigenvalue weighted by molar-refractivity contribution is 7.99. The minimum atomic E-state index is -0.0286. The highest BCUT2D eigenvalue weighted by Gasteiger charge is 2.25. The van der Waals surface area contributed by atoms with Gasteiger partial charge < -0.3 is 15.3 Å². The molecule has 0 bridgehead atoms. The van der Waals surface area contributed by atoms with Gasteiger partial charge in [-0.15, -0.1) is 11.8 Å². The highest BCUT2D eigenvalue weighted by Crippen LogP contribution is 2.19. The summed E-state index contributed by atoms with van der Waals surface area (Å²) in [4.78, 5) is 15.2. The molecule has 1 aliphatic rings. The molecule has 0 spiro atoms. The lowest BCUT2D eigenvalue weighted by Crippen LogP contribution is -2.50.